The first-order valence-corrected chi connectivity index (χ1v) is 14.1. The Bertz CT molecular complexity index is 1750. The summed E-state index contributed by atoms with van der Waals surface area (Å²) in [5.74, 6) is -0.549. The Labute approximate surface area is 244 Å². The number of carbonyl (C=O) groups excluding carboxylic acids is 3. The smallest absolute Gasteiger partial charge is 0.343 e. The Hall–Kier alpha value is -5.17. The Balaban J connectivity index is 1.26. The summed E-state index contributed by atoms with van der Waals surface area (Å²) in [5.41, 5.74) is 3.74. The Kier molecular flexibility index (Phi) is 7.32. The molecule has 0 N–H and O–H groups in total. The summed E-state index contributed by atoms with van der Waals surface area (Å²) in [5, 5.41) is 1.19. The van der Waals surface area contributed by atoms with E-state index in [4.69, 9.17) is 9.47 Å². The SMILES string of the molecule is CCN(CC)c1ccc(C(=O)Oc2cc3c4c(cccc4c2)C(=O)N(c2ccc(OCC4=CC=CC4)cc2)C3=O)cc1. The fraction of sp³-hybridized carbons (Fsp3) is 0.171. The van der Waals surface area contributed by atoms with Crippen LogP contribution in [0.25, 0.3) is 10.8 Å². The molecule has 0 radical (unpaired) electrons. The van der Waals surface area contributed by atoms with Gasteiger partial charge in [-0.1, -0.05) is 30.4 Å². The van der Waals surface area contributed by atoms with E-state index < -0.39 is 17.8 Å². The Morgan fingerprint density at radius 2 is 1.60 bits per heavy atom. The van der Waals surface area contributed by atoms with Gasteiger partial charge in [-0.2, -0.15) is 0 Å². The number of amides is 2. The minimum Gasteiger partial charge on any atom is -0.489 e. The summed E-state index contributed by atoms with van der Waals surface area (Å²) in [6.45, 7) is 6.37. The van der Waals surface area contributed by atoms with E-state index in [2.05, 4.69) is 24.8 Å². The van der Waals surface area contributed by atoms with E-state index in [-0.39, 0.29) is 5.75 Å². The Morgan fingerprint density at radius 3 is 2.29 bits per heavy atom. The van der Waals surface area contributed by atoms with E-state index in [0.717, 1.165) is 30.1 Å². The molecule has 7 heteroatoms. The molecule has 1 aliphatic carbocycles. The number of anilines is 2. The number of imide groups is 1. The van der Waals surface area contributed by atoms with Crippen molar-refractivity contribution in [1.29, 1.82) is 0 Å². The lowest BCUT2D eigenvalue weighted by atomic mass is 9.93. The number of nitrogens with zero attached hydrogens (tertiary/aromatic N) is 2. The van der Waals surface area contributed by atoms with Crippen molar-refractivity contribution in [2.24, 2.45) is 0 Å². The third-order valence-electron chi connectivity index (χ3n) is 7.63. The minimum absolute atomic E-state index is 0.231. The second-order valence-corrected chi connectivity index (χ2v) is 10.2. The van der Waals surface area contributed by atoms with Crippen LogP contribution in [0, 0.1) is 0 Å². The van der Waals surface area contributed by atoms with Crippen LogP contribution < -0.4 is 19.3 Å². The van der Waals surface area contributed by atoms with Gasteiger partial charge in [-0.25, -0.2) is 9.69 Å². The molecule has 0 saturated carbocycles. The number of hydrogen-bond acceptors (Lipinski definition) is 6. The average molecular weight is 559 g/mol. The second kappa shape index (κ2) is 11.4. The van der Waals surface area contributed by atoms with Crippen molar-refractivity contribution in [2.75, 3.05) is 29.5 Å². The monoisotopic (exact) mass is 558 g/mol. The van der Waals surface area contributed by atoms with Crippen LogP contribution in [-0.2, 0) is 0 Å². The highest BCUT2D eigenvalue weighted by atomic mass is 16.5. The molecule has 0 fully saturated rings. The first-order chi connectivity index (χ1) is 20.5. The highest BCUT2D eigenvalue weighted by molar-refractivity contribution is 6.36. The van der Waals surface area contributed by atoms with E-state index in [0.29, 0.717) is 45.5 Å². The standard InChI is InChI=1S/C35H30N2O5/c1-3-36(4-2)26-14-12-24(13-15-26)35(40)42-29-20-25-10-7-11-30-32(25)31(21-29)34(39)37(33(30)38)27-16-18-28(19-17-27)41-22-23-8-5-6-9-23/h5-8,10-21H,3-4,9,22H2,1-2H3. The van der Waals surface area contributed by atoms with Gasteiger partial charge in [-0.3, -0.25) is 9.59 Å². The predicted octanol–water partition coefficient (Wildman–Crippen LogP) is 6.97. The van der Waals surface area contributed by atoms with Crippen molar-refractivity contribution in [1.82, 2.24) is 0 Å². The summed E-state index contributed by atoms with van der Waals surface area (Å²) in [4.78, 5) is 43.7. The molecule has 2 aliphatic rings. The fourth-order valence-corrected chi connectivity index (χ4v) is 5.40. The van der Waals surface area contributed by atoms with E-state index in [1.807, 2.05) is 24.3 Å². The van der Waals surface area contributed by atoms with Crippen LogP contribution in [0.1, 0.15) is 51.3 Å². The predicted molar refractivity (Wildman–Crippen MR) is 164 cm³/mol. The summed E-state index contributed by atoms with van der Waals surface area (Å²) < 4.78 is 11.6. The molecule has 0 aromatic heterocycles. The van der Waals surface area contributed by atoms with Gasteiger partial charge >= 0.3 is 5.97 Å². The molecule has 0 saturated heterocycles. The van der Waals surface area contributed by atoms with E-state index >= 15 is 0 Å². The highest BCUT2D eigenvalue weighted by Gasteiger charge is 2.34. The van der Waals surface area contributed by atoms with Gasteiger partial charge < -0.3 is 14.4 Å². The second-order valence-electron chi connectivity index (χ2n) is 10.2. The van der Waals surface area contributed by atoms with Crippen LogP contribution in [0.3, 0.4) is 0 Å². The molecule has 0 unspecified atom stereocenters. The third kappa shape index (κ3) is 5.05. The van der Waals surface area contributed by atoms with Crippen molar-refractivity contribution in [3.8, 4) is 11.5 Å². The Morgan fingerprint density at radius 1 is 0.857 bits per heavy atom. The van der Waals surface area contributed by atoms with Crippen molar-refractivity contribution in [3.63, 3.8) is 0 Å². The number of carbonyl (C=O) groups is 3. The summed E-state index contributed by atoms with van der Waals surface area (Å²) >= 11 is 0. The van der Waals surface area contributed by atoms with Gasteiger partial charge in [0.2, 0.25) is 0 Å². The van der Waals surface area contributed by atoms with Crippen LogP contribution >= 0.6 is 0 Å². The van der Waals surface area contributed by atoms with E-state index in [1.165, 1.54) is 11.6 Å². The van der Waals surface area contributed by atoms with Gasteiger partial charge in [0, 0.05) is 29.7 Å². The van der Waals surface area contributed by atoms with E-state index in [9.17, 15) is 14.4 Å². The lowest BCUT2D eigenvalue weighted by Crippen LogP contribution is -2.40. The quantitative estimate of drug-likeness (QED) is 0.125. The third-order valence-corrected chi connectivity index (χ3v) is 7.63. The molecule has 1 aliphatic heterocycles. The molecule has 0 spiro atoms. The number of rotatable bonds is 9. The number of hydrogen-bond donors (Lipinski definition) is 0. The lowest BCUT2D eigenvalue weighted by Gasteiger charge is -2.27. The van der Waals surface area contributed by atoms with Gasteiger partial charge in [0.25, 0.3) is 11.8 Å². The van der Waals surface area contributed by atoms with Crippen molar-refractivity contribution in [2.45, 2.75) is 20.3 Å². The number of ether oxygens (including phenoxy) is 2. The summed E-state index contributed by atoms with van der Waals surface area (Å²) in [6, 6.07) is 22.6. The topological polar surface area (TPSA) is 76.2 Å². The number of benzene rings is 4. The fourth-order valence-electron chi connectivity index (χ4n) is 5.40. The molecular weight excluding hydrogens is 528 g/mol. The highest BCUT2D eigenvalue weighted by Crippen LogP contribution is 2.36. The minimum atomic E-state index is -0.528. The van der Waals surface area contributed by atoms with Crippen LogP contribution in [0.5, 0.6) is 11.5 Å². The molecule has 0 atom stereocenters. The maximum Gasteiger partial charge on any atom is 0.343 e. The first-order valence-electron chi connectivity index (χ1n) is 14.1. The van der Waals surface area contributed by atoms with Crippen molar-refractivity contribution >= 4 is 39.9 Å². The lowest BCUT2D eigenvalue weighted by molar-refractivity contribution is 0.0732. The van der Waals surface area contributed by atoms with Crippen molar-refractivity contribution < 1.29 is 23.9 Å². The molecule has 1 heterocycles. The maximum absolute atomic E-state index is 13.8. The van der Waals surface area contributed by atoms with Gasteiger partial charge in [0.05, 0.1) is 16.8 Å². The molecular formula is C35H30N2O5. The molecule has 4 aromatic carbocycles. The molecule has 0 bridgehead atoms. The normalized spacial score (nSPS) is 13.9. The van der Waals surface area contributed by atoms with Gasteiger partial charge in [-0.15, -0.1) is 0 Å². The molecule has 42 heavy (non-hydrogen) atoms. The number of esters is 1. The van der Waals surface area contributed by atoms with Crippen molar-refractivity contribution in [3.05, 3.63) is 119 Å². The maximum atomic E-state index is 13.8. The van der Waals surface area contributed by atoms with Gasteiger partial charge in [0.15, 0.2) is 0 Å². The summed E-state index contributed by atoms with van der Waals surface area (Å²) in [7, 11) is 0. The molecule has 210 valence electrons. The first kappa shape index (κ1) is 27.0. The number of allylic oxidation sites excluding steroid dienone is 3. The molecule has 7 nitrogen and oxygen atoms in total. The average Bonchev–Trinajstić information content (AvgIpc) is 3.54. The zero-order valence-corrected chi connectivity index (χ0v) is 23.5. The largest absolute Gasteiger partial charge is 0.489 e. The summed E-state index contributed by atoms with van der Waals surface area (Å²) in [6.07, 6.45) is 6.99. The van der Waals surface area contributed by atoms with Crippen LogP contribution in [0.2, 0.25) is 0 Å². The zero-order valence-electron chi connectivity index (χ0n) is 23.5. The molecule has 4 aromatic rings. The zero-order chi connectivity index (χ0) is 29.2. The van der Waals surface area contributed by atoms with Crippen LogP contribution in [0.15, 0.2) is 103 Å². The van der Waals surface area contributed by atoms with Crippen LogP contribution in [-0.4, -0.2) is 37.5 Å². The van der Waals surface area contributed by atoms with Gasteiger partial charge in [0.1, 0.15) is 18.1 Å². The molecule has 6 rings (SSSR count). The van der Waals surface area contributed by atoms with Gasteiger partial charge in [-0.05, 0) is 98.0 Å². The van der Waals surface area contributed by atoms with Crippen LogP contribution in [0.4, 0.5) is 11.4 Å². The van der Waals surface area contributed by atoms with E-state index in [1.54, 1.807) is 60.7 Å². The molecule has 2 amide bonds.